The Hall–Kier alpha value is -1.56. The largest absolute Gasteiger partial charge is 0.466 e. The minimum absolute atomic E-state index is 0.115. The van der Waals surface area contributed by atoms with Crippen LogP contribution < -0.4 is 5.32 Å². The number of ether oxygens (including phenoxy) is 1. The number of anilines is 1. The highest BCUT2D eigenvalue weighted by Gasteiger charge is 2.17. The highest BCUT2D eigenvalue weighted by atomic mass is 32.2. The van der Waals surface area contributed by atoms with Crippen LogP contribution in [0.5, 0.6) is 0 Å². The standard InChI is InChI=1S/C14H21NO4S/c1-3-11-20(17,18)13-8-6-5-7-12(13)15-10-9-14(16)19-4-2/h5-8,15H,3-4,9-11H2,1-2H3. The third kappa shape index (κ3) is 4.85. The molecule has 0 radical (unpaired) electrons. The number of hydrogen-bond acceptors (Lipinski definition) is 5. The Kier molecular flexibility index (Phi) is 6.51. The summed E-state index contributed by atoms with van der Waals surface area (Å²) in [4.78, 5) is 11.5. The number of carbonyl (C=O) groups excluding carboxylic acids is 1. The average Bonchev–Trinajstić information content (AvgIpc) is 2.39. The van der Waals surface area contributed by atoms with Gasteiger partial charge in [-0.25, -0.2) is 8.42 Å². The van der Waals surface area contributed by atoms with Gasteiger partial charge >= 0.3 is 5.97 Å². The lowest BCUT2D eigenvalue weighted by molar-refractivity contribution is -0.142. The quantitative estimate of drug-likeness (QED) is 0.745. The first-order chi connectivity index (χ1) is 9.51. The Balaban J connectivity index is 2.74. The van der Waals surface area contributed by atoms with E-state index >= 15 is 0 Å². The van der Waals surface area contributed by atoms with Crippen LogP contribution in [-0.4, -0.2) is 33.3 Å². The molecule has 0 atom stereocenters. The van der Waals surface area contributed by atoms with Gasteiger partial charge in [-0.2, -0.15) is 0 Å². The van der Waals surface area contributed by atoms with Gasteiger partial charge in [-0.1, -0.05) is 19.1 Å². The molecule has 0 aliphatic rings. The zero-order valence-electron chi connectivity index (χ0n) is 11.9. The predicted molar refractivity (Wildman–Crippen MR) is 78.5 cm³/mol. The molecule has 20 heavy (non-hydrogen) atoms. The second-order valence-corrected chi connectivity index (χ2v) is 6.37. The molecule has 112 valence electrons. The zero-order chi connectivity index (χ0) is 15.0. The monoisotopic (exact) mass is 299 g/mol. The van der Waals surface area contributed by atoms with Crippen molar-refractivity contribution in [1.29, 1.82) is 0 Å². The van der Waals surface area contributed by atoms with E-state index in [1.54, 1.807) is 31.2 Å². The van der Waals surface area contributed by atoms with Gasteiger partial charge in [-0.15, -0.1) is 0 Å². The number of para-hydroxylation sites is 1. The molecule has 0 aliphatic carbocycles. The summed E-state index contributed by atoms with van der Waals surface area (Å²) in [6.07, 6.45) is 0.773. The summed E-state index contributed by atoms with van der Waals surface area (Å²) in [6, 6.07) is 6.74. The summed E-state index contributed by atoms with van der Waals surface area (Å²) in [7, 11) is -3.28. The fourth-order valence-electron chi connectivity index (χ4n) is 1.79. The second kappa shape index (κ2) is 7.89. The van der Waals surface area contributed by atoms with Crippen molar-refractivity contribution in [2.75, 3.05) is 24.2 Å². The summed E-state index contributed by atoms with van der Waals surface area (Å²) in [5, 5.41) is 2.99. The maximum Gasteiger partial charge on any atom is 0.307 e. The van der Waals surface area contributed by atoms with Crippen molar-refractivity contribution >= 4 is 21.5 Å². The summed E-state index contributed by atoms with van der Waals surface area (Å²) in [5.41, 5.74) is 0.533. The van der Waals surface area contributed by atoms with E-state index < -0.39 is 9.84 Å². The summed E-state index contributed by atoms with van der Waals surface area (Å²) in [6.45, 7) is 4.27. The molecule has 0 amide bonds. The molecule has 5 nitrogen and oxygen atoms in total. The number of benzene rings is 1. The van der Waals surface area contributed by atoms with Gasteiger partial charge in [0.15, 0.2) is 9.84 Å². The van der Waals surface area contributed by atoms with Crippen LogP contribution in [0.15, 0.2) is 29.2 Å². The molecule has 0 saturated heterocycles. The molecule has 0 heterocycles. The maximum atomic E-state index is 12.1. The van der Waals surface area contributed by atoms with Gasteiger partial charge in [0.25, 0.3) is 0 Å². The molecule has 1 aromatic rings. The third-order valence-electron chi connectivity index (χ3n) is 2.64. The molecule has 0 unspecified atom stereocenters. The highest BCUT2D eigenvalue weighted by molar-refractivity contribution is 7.91. The molecule has 6 heteroatoms. The van der Waals surface area contributed by atoms with Crippen molar-refractivity contribution in [2.45, 2.75) is 31.6 Å². The first-order valence-electron chi connectivity index (χ1n) is 6.72. The first-order valence-corrected chi connectivity index (χ1v) is 8.37. The van der Waals surface area contributed by atoms with Crippen molar-refractivity contribution in [1.82, 2.24) is 0 Å². The third-order valence-corrected chi connectivity index (χ3v) is 4.62. The molecule has 0 aromatic heterocycles. The van der Waals surface area contributed by atoms with E-state index in [0.717, 1.165) is 0 Å². The van der Waals surface area contributed by atoms with E-state index in [1.807, 2.05) is 6.92 Å². The van der Waals surface area contributed by atoms with Gasteiger partial charge in [0.05, 0.1) is 29.4 Å². The topological polar surface area (TPSA) is 72.5 Å². The normalized spacial score (nSPS) is 11.1. The molecule has 0 spiro atoms. The molecule has 0 bridgehead atoms. The van der Waals surface area contributed by atoms with Crippen molar-refractivity contribution < 1.29 is 17.9 Å². The van der Waals surface area contributed by atoms with Crippen LogP contribution in [0, 0.1) is 0 Å². The van der Waals surface area contributed by atoms with Crippen LogP contribution in [0.4, 0.5) is 5.69 Å². The van der Waals surface area contributed by atoms with Crippen molar-refractivity contribution in [3.05, 3.63) is 24.3 Å². The second-order valence-electron chi connectivity index (χ2n) is 4.30. The van der Waals surface area contributed by atoms with Gasteiger partial charge < -0.3 is 10.1 Å². The Labute approximate surface area is 120 Å². The van der Waals surface area contributed by atoms with Crippen molar-refractivity contribution in [2.24, 2.45) is 0 Å². The number of nitrogens with one attached hydrogen (secondary N) is 1. The minimum Gasteiger partial charge on any atom is -0.466 e. The summed E-state index contributed by atoms with van der Waals surface area (Å²) in [5.74, 6) is -0.183. The lowest BCUT2D eigenvalue weighted by atomic mass is 10.3. The van der Waals surface area contributed by atoms with Crippen LogP contribution in [0.3, 0.4) is 0 Å². The number of carbonyl (C=O) groups is 1. The van der Waals surface area contributed by atoms with E-state index in [1.165, 1.54) is 0 Å². The van der Waals surface area contributed by atoms with E-state index in [-0.39, 0.29) is 23.0 Å². The lowest BCUT2D eigenvalue weighted by Crippen LogP contribution is -2.14. The van der Waals surface area contributed by atoms with Gasteiger partial charge in [0, 0.05) is 6.54 Å². The maximum absolute atomic E-state index is 12.1. The highest BCUT2D eigenvalue weighted by Crippen LogP contribution is 2.22. The number of sulfone groups is 1. The average molecular weight is 299 g/mol. The smallest absolute Gasteiger partial charge is 0.307 e. The molecule has 0 aliphatic heterocycles. The lowest BCUT2D eigenvalue weighted by Gasteiger charge is -2.11. The first kappa shape index (κ1) is 16.5. The molecule has 1 N–H and O–H groups in total. The van der Waals surface area contributed by atoms with Crippen molar-refractivity contribution in [3.63, 3.8) is 0 Å². The Bertz CT molecular complexity index is 540. The van der Waals surface area contributed by atoms with Gasteiger partial charge in [0.1, 0.15) is 0 Å². The Morgan fingerprint density at radius 3 is 2.60 bits per heavy atom. The Morgan fingerprint density at radius 2 is 1.95 bits per heavy atom. The fourth-order valence-corrected chi connectivity index (χ4v) is 3.31. The van der Waals surface area contributed by atoms with Crippen LogP contribution in [-0.2, 0) is 19.4 Å². The number of hydrogen-bond donors (Lipinski definition) is 1. The van der Waals surface area contributed by atoms with Crippen molar-refractivity contribution in [3.8, 4) is 0 Å². The van der Waals surface area contributed by atoms with E-state index in [2.05, 4.69) is 5.32 Å². The van der Waals surface area contributed by atoms with E-state index in [0.29, 0.717) is 25.3 Å². The zero-order valence-corrected chi connectivity index (χ0v) is 12.7. The van der Waals surface area contributed by atoms with Gasteiger partial charge in [-0.05, 0) is 25.5 Å². The van der Waals surface area contributed by atoms with Crippen LogP contribution in [0.1, 0.15) is 26.7 Å². The molecule has 1 aromatic carbocycles. The SMILES string of the molecule is CCCS(=O)(=O)c1ccccc1NCCC(=O)OCC. The Morgan fingerprint density at radius 1 is 1.25 bits per heavy atom. The molecule has 0 fully saturated rings. The molecular formula is C14H21NO4S. The van der Waals surface area contributed by atoms with Crippen LogP contribution >= 0.6 is 0 Å². The summed E-state index contributed by atoms with van der Waals surface area (Å²) >= 11 is 0. The van der Waals surface area contributed by atoms with E-state index in [9.17, 15) is 13.2 Å². The van der Waals surface area contributed by atoms with E-state index in [4.69, 9.17) is 4.74 Å². The minimum atomic E-state index is -3.28. The number of rotatable bonds is 8. The molecular weight excluding hydrogens is 278 g/mol. The van der Waals surface area contributed by atoms with Gasteiger partial charge in [-0.3, -0.25) is 4.79 Å². The summed E-state index contributed by atoms with van der Waals surface area (Å²) < 4.78 is 29.1. The fraction of sp³-hybridized carbons (Fsp3) is 0.500. The molecule has 1 rings (SSSR count). The molecule has 0 saturated carbocycles. The van der Waals surface area contributed by atoms with Gasteiger partial charge in [0.2, 0.25) is 0 Å². The van der Waals surface area contributed by atoms with Crippen LogP contribution in [0.25, 0.3) is 0 Å². The predicted octanol–water partition coefficient (Wildman–Crippen LogP) is 2.24. The number of esters is 1. The van der Waals surface area contributed by atoms with Crippen LogP contribution in [0.2, 0.25) is 0 Å².